The van der Waals surface area contributed by atoms with E-state index in [2.05, 4.69) is 0 Å². The van der Waals surface area contributed by atoms with Crippen molar-refractivity contribution >= 4 is 18.0 Å². The van der Waals surface area contributed by atoms with Gasteiger partial charge in [0, 0.05) is 19.0 Å². The summed E-state index contributed by atoms with van der Waals surface area (Å²) in [7, 11) is 3.09. The molecule has 0 radical (unpaired) electrons. The van der Waals surface area contributed by atoms with Gasteiger partial charge < -0.3 is 19.5 Å². The molecule has 6 nitrogen and oxygen atoms in total. The number of rotatable bonds is 5. The molecular formula is C21H21NO5. The van der Waals surface area contributed by atoms with Crippen LogP contribution < -0.4 is 9.47 Å². The van der Waals surface area contributed by atoms with Gasteiger partial charge in [-0.2, -0.15) is 0 Å². The Morgan fingerprint density at radius 1 is 1.07 bits per heavy atom. The predicted molar refractivity (Wildman–Crippen MR) is 101 cm³/mol. The fraction of sp³-hybridized carbons (Fsp3) is 0.238. The molecule has 0 spiro atoms. The molecule has 0 saturated heterocycles. The van der Waals surface area contributed by atoms with Gasteiger partial charge in [0.05, 0.1) is 14.2 Å². The van der Waals surface area contributed by atoms with Gasteiger partial charge in [0.1, 0.15) is 6.04 Å². The first kappa shape index (κ1) is 18.5. The summed E-state index contributed by atoms with van der Waals surface area (Å²) in [6, 6.07) is 12.0. The Morgan fingerprint density at radius 3 is 2.44 bits per heavy atom. The summed E-state index contributed by atoms with van der Waals surface area (Å²) >= 11 is 0. The Bertz CT molecular complexity index is 890. The lowest BCUT2D eigenvalue weighted by molar-refractivity contribution is -0.149. The number of nitrogens with zero attached hydrogens (tertiary/aromatic N) is 1. The third kappa shape index (κ3) is 3.95. The van der Waals surface area contributed by atoms with E-state index in [1.165, 1.54) is 11.0 Å². The maximum atomic E-state index is 12.7. The minimum Gasteiger partial charge on any atom is -0.493 e. The number of fused-ring (bicyclic) bond motifs is 1. The van der Waals surface area contributed by atoms with Gasteiger partial charge in [-0.1, -0.05) is 30.3 Å². The number of hydrogen-bond acceptors (Lipinski definition) is 4. The number of ether oxygens (including phenoxy) is 2. The Hall–Kier alpha value is -3.28. The number of carboxylic acids is 1. The van der Waals surface area contributed by atoms with Crippen LogP contribution >= 0.6 is 0 Å². The van der Waals surface area contributed by atoms with E-state index in [1.54, 1.807) is 38.5 Å². The molecule has 1 amide bonds. The Balaban J connectivity index is 1.82. The van der Waals surface area contributed by atoms with Crippen LogP contribution in [-0.4, -0.2) is 42.1 Å². The van der Waals surface area contributed by atoms with Crippen LogP contribution in [0.1, 0.15) is 16.7 Å². The molecule has 27 heavy (non-hydrogen) atoms. The second-order valence-electron chi connectivity index (χ2n) is 6.24. The summed E-state index contributed by atoms with van der Waals surface area (Å²) in [6.07, 6.45) is 3.34. The van der Waals surface area contributed by atoms with Gasteiger partial charge in [-0.3, -0.25) is 4.79 Å². The van der Waals surface area contributed by atoms with Crippen molar-refractivity contribution in [2.24, 2.45) is 0 Å². The first-order valence-electron chi connectivity index (χ1n) is 8.53. The highest BCUT2D eigenvalue weighted by Gasteiger charge is 2.33. The number of benzene rings is 2. The van der Waals surface area contributed by atoms with Crippen molar-refractivity contribution in [2.75, 3.05) is 14.2 Å². The smallest absolute Gasteiger partial charge is 0.326 e. The minimum atomic E-state index is -1.00. The normalized spacial score (nSPS) is 16.1. The molecule has 140 valence electrons. The summed E-state index contributed by atoms with van der Waals surface area (Å²) in [6.45, 7) is 0.280. The molecule has 1 aliphatic heterocycles. The topological polar surface area (TPSA) is 76.1 Å². The third-order valence-electron chi connectivity index (χ3n) is 4.64. The number of methoxy groups -OCH3 is 2. The van der Waals surface area contributed by atoms with E-state index in [0.29, 0.717) is 17.9 Å². The Labute approximate surface area is 157 Å². The zero-order valence-electron chi connectivity index (χ0n) is 15.2. The Morgan fingerprint density at radius 2 is 1.78 bits per heavy atom. The zero-order chi connectivity index (χ0) is 19.4. The molecule has 0 saturated carbocycles. The molecule has 1 unspecified atom stereocenters. The van der Waals surface area contributed by atoms with Crippen LogP contribution in [0.15, 0.2) is 48.5 Å². The number of amides is 1. The molecule has 1 heterocycles. The molecule has 2 aromatic rings. The van der Waals surface area contributed by atoms with Gasteiger partial charge >= 0.3 is 5.97 Å². The maximum absolute atomic E-state index is 12.7. The summed E-state index contributed by atoms with van der Waals surface area (Å²) in [5, 5.41) is 9.55. The van der Waals surface area contributed by atoms with E-state index in [9.17, 15) is 14.7 Å². The first-order valence-corrected chi connectivity index (χ1v) is 8.53. The molecule has 0 aromatic heterocycles. The van der Waals surface area contributed by atoms with E-state index in [4.69, 9.17) is 9.47 Å². The van der Waals surface area contributed by atoms with E-state index >= 15 is 0 Å². The standard InChI is InChI=1S/C21H21NO5/c1-26-18-9-7-14(11-19(18)27-2)8-10-20(23)22-13-16-6-4-3-5-15(16)12-17(22)21(24)25/h3-11,17H,12-13H2,1-2H3,(H,24,25). The minimum absolute atomic E-state index is 0.280. The molecule has 2 aromatic carbocycles. The summed E-state index contributed by atoms with van der Waals surface area (Å²) in [5.41, 5.74) is 2.70. The van der Waals surface area contributed by atoms with E-state index < -0.39 is 12.0 Å². The highest BCUT2D eigenvalue weighted by atomic mass is 16.5. The van der Waals surface area contributed by atoms with Gasteiger partial charge in [-0.15, -0.1) is 0 Å². The molecule has 0 fully saturated rings. The van der Waals surface area contributed by atoms with Gasteiger partial charge in [0.2, 0.25) is 5.91 Å². The molecular weight excluding hydrogens is 346 g/mol. The molecule has 0 bridgehead atoms. The number of carbonyl (C=O) groups is 2. The summed E-state index contributed by atoms with van der Waals surface area (Å²) in [5.74, 6) is -0.189. The van der Waals surface area contributed by atoms with Crippen LogP contribution in [-0.2, 0) is 22.6 Å². The first-order chi connectivity index (χ1) is 13.0. The van der Waals surface area contributed by atoms with E-state index in [1.807, 2.05) is 24.3 Å². The van der Waals surface area contributed by atoms with Gasteiger partial charge in [0.25, 0.3) is 0 Å². The number of aliphatic carboxylic acids is 1. The molecule has 1 atom stereocenters. The SMILES string of the molecule is COc1ccc(C=CC(=O)N2Cc3ccccc3CC2C(=O)O)cc1OC. The van der Waals surface area contributed by atoms with Crippen molar-refractivity contribution in [1.29, 1.82) is 0 Å². The molecule has 0 aliphatic carbocycles. The average molecular weight is 367 g/mol. The number of carboxylic acid groups (broad SMARTS) is 1. The summed E-state index contributed by atoms with van der Waals surface area (Å²) < 4.78 is 10.5. The molecule has 1 aliphatic rings. The van der Waals surface area contributed by atoms with Crippen LogP contribution in [0.2, 0.25) is 0 Å². The van der Waals surface area contributed by atoms with Crippen molar-refractivity contribution in [3.05, 3.63) is 65.2 Å². The second-order valence-corrected chi connectivity index (χ2v) is 6.24. The lowest BCUT2D eigenvalue weighted by atomic mass is 9.94. The van der Waals surface area contributed by atoms with Crippen molar-refractivity contribution in [1.82, 2.24) is 4.90 Å². The van der Waals surface area contributed by atoms with Crippen molar-refractivity contribution < 1.29 is 24.2 Å². The fourth-order valence-electron chi connectivity index (χ4n) is 3.19. The number of carbonyl (C=O) groups excluding carboxylic acids is 1. The van der Waals surface area contributed by atoms with Crippen LogP contribution in [0.4, 0.5) is 0 Å². The van der Waals surface area contributed by atoms with E-state index in [0.717, 1.165) is 16.7 Å². The quantitative estimate of drug-likeness (QED) is 0.823. The number of hydrogen-bond donors (Lipinski definition) is 1. The van der Waals surface area contributed by atoms with Crippen molar-refractivity contribution in [3.8, 4) is 11.5 Å². The van der Waals surface area contributed by atoms with Crippen molar-refractivity contribution in [3.63, 3.8) is 0 Å². The van der Waals surface area contributed by atoms with E-state index in [-0.39, 0.29) is 12.5 Å². The zero-order valence-corrected chi connectivity index (χ0v) is 15.2. The van der Waals surface area contributed by atoms with Crippen molar-refractivity contribution in [2.45, 2.75) is 19.0 Å². The third-order valence-corrected chi connectivity index (χ3v) is 4.64. The van der Waals surface area contributed by atoms with Crippen LogP contribution in [0.25, 0.3) is 6.08 Å². The fourth-order valence-corrected chi connectivity index (χ4v) is 3.19. The predicted octanol–water partition coefficient (Wildman–Crippen LogP) is 2.76. The lowest BCUT2D eigenvalue weighted by Crippen LogP contribution is -2.48. The molecule has 6 heteroatoms. The lowest BCUT2D eigenvalue weighted by Gasteiger charge is -2.33. The van der Waals surface area contributed by atoms with Gasteiger partial charge in [-0.25, -0.2) is 4.79 Å². The Kier molecular flexibility index (Phi) is 5.45. The molecule has 3 rings (SSSR count). The molecule has 1 N–H and O–H groups in total. The average Bonchev–Trinajstić information content (AvgIpc) is 2.70. The largest absolute Gasteiger partial charge is 0.493 e. The van der Waals surface area contributed by atoms with Gasteiger partial charge in [0.15, 0.2) is 11.5 Å². The van der Waals surface area contributed by atoms with Crippen LogP contribution in [0.3, 0.4) is 0 Å². The summed E-state index contributed by atoms with van der Waals surface area (Å²) in [4.78, 5) is 25.7. The van der Waals surface area contributed by atoms with Crippen LogP contribution in [0.5, 0.6) is 11.5 Å². The second kappa shape index (κ2) is 7.95. The van der Waals surface area contributed by atoms with Crippen LogP contribution in [0, 0.1) is 0 Å². The highest BCUT2D eigenvalue weighted by molar-refractivity contribution is 5.95. The highest BCUT2D eigenvalue weighted by Crippen LogP contribution is 2.28. The monoisotopic (exact) mass is 367 g/mol. The maximum Gasteiger partial charge on any atom is 0.326 e. The van der Waals surface area contributed by atoms with Gasteiger partial charge in [-0.05, 0) is 34.9 Å².